The number of rotatable bonds is 6. The molecule has 1 aliphatic heterocycles. The lowest BCUT2D eigenvalue weighted by Gasteiger charge is -2.14. The molecule has 0 radical (unpaired) electrons. The van der Waals surface area contributed by atoms with Crippen molar-refractivity contribution in [3.8, 4) is 5.75 Å². The lowest BCUT2D eigenvalue weighted by Crippen LogP contribution is -2.24. The smallest absolute Gasteiger partial charge is 0.341 e. The van der Waals surface area contributed by atoms with Gasteiger partial charge in [0.05, 0.1) is 17.5 Å². The van der Waals surface area contributed by atoms with Crippen molar-refractivity contribution in [3.63, 3.8) is 0 Å². The predicted octanol–water partition coefficient (Wildman–Crippen LogP) is 1.61. The molecule has 0 saturated heterocycles. The lowest BCUT2D eigenvalue weighted by atomic mass is 10.1. The number of nitrogens with one attached hydrogen (secondary N) is 1. The van der Waals surface area contributed by atoms with E-state index in [4.69, 9.17) is 9.84 Å². The molecule has 126 valence electrons. The molecule has 7 nitrogen and oxygen atoms in total. The molecule has 0 atom stereocenters. The first-order chi connectivity index (χ1) is 11.6. The van der Waals surface area contributed by atoms with E-state index in [0.717, 1.165) is 37.1 Å². The molecule has 2 aromatic rings. The van der Waals surface area contributed by atoms with Crippen LogP contribution in [-0.4, -0.2) is 33.4 Å². The van der Waals surface area contributed by atoms with E-state index >= 15 is 0 Å². The Bertz CT molecular complexity index is 754. The molecule has 0 bridgehead atoms. The van der Waals surface area contributed by atoms with E-state index in [1.54, 1.807) is 24.4 Å². The fraction of sp³-hybridized carbons (Fsp3) is 0.353. The van der Waals surface area contributed by atoms with Crippen LogP contribution >= 0.6 is 0 Å². The Kier molecular flexibility index (Phi) is 4.79. The number of benzene rings is 1. The van der Waals surface area contributed by atoms with Crippen molar-refractivity contribution in [2.24, 2.45) is 0 Å². The molecule has 1 amide bonds. The molecule has 24 heavy (non-hydrogen) atoms. The van der Waals surface area contributed by atoms with Crippen LogP contribution in [0.4, 0.5) is 0 Å². The molecule has 1 aromatic carbocycles. The largest absolute Gasteiger partial charge is 0.482 e. The second-order valence-electron chi connectivity index (χ2n) is 5.70. The van der Waals surface area contributed by atoms with Gasteiger partial charge < -0.3 is 15.2 Å². The van der Waals surface area contributed by atoms with Crippen LogP contribution < -0.4 is 10.1 Å². The number of aromatic nitrogens is 2. The number of hydrogen-bond donors (Lipinski definition) is 2. The van der Waals surface area contributed by atoms with Gasteiger partial charge >= 0.3 is 5.97 Å². The zero-order valence-corrected chi connectivity index (χ0v) is 13.2. The molecule has 0 fully saturated rings. The first-order valence-electron chi connectivity index (χ1n) is 7.90. The molecule has 0 aliphatic carbocycles. The number of nitrogens with zero attached hydrogens (tertiary/aromatic N) is 2. The van der Waals surface area contributed by atoms with Crippen molar-refractivity contribution in [1.82, 2.24) is 15.1 Å². The van der Waals surface area contributed by atoms with Gasteiger partial charge in [0.1, 0.15) is 5.75 Å². The third-order valence-electron chi connectivity index (χ3n) is 3.94. The molecular formula is C17H19N3O4. The van der Waals surface area contributed by atoms with Crippen LogP contribution in [0.2, 0.25) is 0 Å². The molecule has 3 rings (SSSR count). The third-order valence-corrected chi connectivity index (χ3v) is 3.94. The fourth-order valence-corrected chi connectivity index (χ4v) is 2.78. The van der Waals surface area contributed by atoms with Crippen molar-refractivity contribution in [2.45, 2.75) is 32.4 Å². The molecule has 0 unspecified atom stereocenters. The number of hydrogen-bond acceptors (Lipinski definition) is 4. The van der Waals surface area contributed by atoms with Crippen LogP contribution in [0.3, 0.4) is 0 Å². The molecule has 0 saturated carbocycles. The molecular weight excluding hydrogens is 310 g/mol. The van der Waals surface area contributed by atoms with Gasteiger partial charge in [-0.05, 0) is 37.0 Å². The highest BCUT2D eigenvalue weighted by atomic mass is 16.5. The Morgan fingerprint density at radius 1 is 1.33 bits per heavy atom. The van der Waals surface area contributed by atoms with Gasteiger partial charge in [-0.15, -0.1) is 0 Å². The minimum atomic E-state index is -1.03. The van der Waals surface area contributed by atoms with E-state index in [1.165, 1.54) is 0 Å². The van der Waals surface area contributed by atoms with Gasteiger partial charge in [0.25, 0.3) is 5.91 Å². The molecule has 2 heterocycles. The summed E-state index contributed by atoms with van der Waals surface area (Å²) < 4.78 is 7.04. The topological polar surface area (TPSA) is 93.4 Å². The summed E-state index contributed by atoms with van der Waals surface area (Å²) in [5.74, 6) is -0.707. The van der Waals surface area contributed by atoms with E-state index in [1.807, 2.05) is 10.7 Å². The Hall–Kier alpha value is -2.83. The van der Waals surface area contributed by atoms with E-state index in [9.17, 15) is 9.59 Å². The summed E-state index contributed by atoms with van der Waals surface area (Å²) in [4.78, 5) is 22.9. The van der Waals surface area contributed by atoms with Gasteiger partial charge in [-0.3, -0.25) is 9.48 Å². The summed E-state index contributed by atoms with van der Waals surface area (Å²) in [7, 11) is 0. The maximum atomic E-state index is 12.4. The Morgan fingerprint density at radius 2 is 2.21 bits per heavy atom. The highest BCUT2D eigenvalue weighted by Gasteiger charge is 2.19. The summed E-state index contributed by atoms with van der Waals surface area (Å²) >= 11 is 0. The SMILES string of the molecule is O=C(O)COc1cccc(CNC(=O)c2cnn3c2CCCC3)c1. The van der Waals surface area contributed by atoms with E-state index in [0.29, 0.717) is 17.9 Å². The van der Waals surface area contributed by atoms with E-state index in [2.05, 4.69) is 10.4 Å². The summed E-state index contributed by atoms with van der Waals surface area (Å²) in [6.45, 7) is 0.817. The van der Waals surface area contributed by atoms with E-state index in [-0.39, 0.29) is 5.91 Å². The van der Waals surface area contributed by atoms with Crippen LogP contribution in [0.1, 0.15) is 34.5 Å². The Balaban J connectivity index is 1.61. The van der Waals surface area contributed by atoms with Crippen molar-refractivity contribution in [2.75, 3.05) is 6.61 Å². The predicted molar refractivity (Wildman–Crippen MR) is 85.9 cm³/mol. The van der Waals surface area contributed by atoms with Gasteiger partial charge in [-0.2, -0.15) is 5.10 Å². The summed E-state index contributed by atoms with van der Waals surface area (Å²) in [6, 6.07) is 7.01. The maximum Gasteiger partial charge on any atom is 0.341 e. The molecule has 0 spiro atoms. The number of ether oxygens (including phenoxy) is 1. The number of carboxylic acid groups (broad SMARTS) is 1. The summed E-state index contributed by atoms with van der Waals surface area (Å²) in [6.07, 6.45) is 4.68. The number of aryl methyl sites for hydroxylation is 1. The van der Waals surface area contributed by atoms with Crippen LogP contribution in [0, 0.1) is 0 Å². The normalized spacial score (nSPS) is 13.2. The van der Waals surface area contributed by atoms with Crippen molar-refractivity contribution < 1.29 is 19.4 Å². The Morgan fingerprint density at radius 3 is 3.04 bits per heavy atom. The number of fused-ring (bicyclic) bond motifs is 1. The minimum Gasteiger partial charge on any atom is -0.482 e. The first-order valence-corrected chi connectivity index (χ1v) is 7.90. The zero-order chi connectivity index (χ0) is 16.9. The van der Waals surface area contributed by atoms with Crippen molar-refractivity contribution in [1.29, 1.82) is 0 Å². The average Bonchev–Trinajstić information content (AvgIpc) is 3.02. The number of carboxylic acids is 1. The van der Waals surface area contributed by atoms with Gasteiger partial charge in [0.2, 0.25) is 0 Å². The third kappa shape index (κ3) is 3.73. The van der Waals surface area contributed by atoms with Crippen LogP contribution in [0.15, 0.2) is 30.5 Å². The summed E-state index contributed by atoms with van der Waals surface area (Å²) in [5, 5.41) is 15.8. The Labute approximate surface area is 139 Å². The minimum absolute atomic E-state index is 0.144. The standard InChI is InChI=1S/C17H19N3O4/c21-16(22)11-24-13-5-3-4-12(8-13)9-18-17(23)14-10-19-20-7-2-1-6-15(14)20/h3-5,8,10H,1-2,6-7,9,11H2,(H,18,23)(H,21,22). The van der Waals surface area contributed by atoms with Crippen LogP contribution in [0.5, 0.6) is 5.75 Å². The fourth-order valence-electron chi connectivity index (χ4n) is 2.78. The van der Waals surface area contributed by atoms with Gasteiger partial charge in [-0.25, -0.2) is 4.79 Å². The number of carbonyl (C=O) groups excluding carboxylic acids is 1. The number of aliphatic carboxylic acids is 1. The second-order valence-corrected chi connectivity index (χ2v) is 5.70. The van der Waals surface area contributed by atoms with Crippen molar-refractivity contribution in [3.05, 3.63) is 47.3 Å². The number of amides is 1. The van der Waals surface area contributed by atoms with Crippen LogP contribution in [-0.2, 0) is 24.3 Å². The van der Waals surface area contributed by atoms with E-state index < -0.39 is 12.6 Å². The van der Waals surface area contributed by atoms with Crippen LogP contribution in [0.25, 0.3) is 0 Å². The van der Waals surface area contributed by atoms with Gasteiger partial charge in [0.15, 0.2) is 6.61 Å². The maximum absolute atomic E-state index is 12.4. The first kappa shape index (κ1) is 16.0. The highest BCUT2D eigenvalue weighted by Crippen LogP contribution is 2.18. The quantitative estimate of drug-likeness (QED) is 0.840. The van der Waals surface area contributed by atoms with Crippen molar-refractivity contribution >= 4 is 11.9 Å². The zero-order valence-electron chi connectivity index (χ0n) is 13.2. The highest BCUT2D eigenvalue weighted by molar-refractivity contribution is 5.95. The molecule has 1 aromatic heterocycles. The monoisotopic (exact) mass is 329 g/mol. The lowest BCUT2D eigenvalue weighted by molar-refractivity contribution is -0.139. The molecule has 1 aliphatic rings. The molecule has 2 N–H and O–H groups in total. The van der Waals surface area contributed by atoms with Gasteiger partial charge in [-0.1, -0.05) is 12.1 Å². The second kappa shape index (κ2) is 7.16. The molecule has 7 heteroatoms. The van der Waals surface area contributed by atoms with Gasteiger partial charge in [0, 0.05) is 13.1 Å². The average molecular weight is 329 g/mol. The summed E-state index contributed by atoms with van der Waals surface area (Å²) in [5.41, 5.74) is 2.47. The number of carbonyl (C=O) groups is 2.